The maximum absolute atomic E-state index is 6.08. The predicted molar refractivity (Wildman–Crippen MR) is 88.8 cm³/mol. The molecule has 4 heteroatoms. The van der Waals surface area contributed by atoms with Crippen LogP contribution in [0.5, 0.6) is 0 Å². The highest BCUT2D eigenvalue weighted by Crippen LogP contribution is 2.33. The van der Waals surface area contributed by atoms with E-state index in [4.69, 9.17) is 23.2 Å². The zero-order chi connectivity index (χ0) is 14.3. The lowest BCUT2D eigenvalue weighted by molar-refractivity contribution is 0.465. The molecule has 0 aromatic heterocycles. The van der Waals surface area contributed by atoms with Gasteiger partial charge in [0.15, 0.2) is 0 Å². The highest BCUT2D eigenvalue weighted by Gasteiger charge is 2.19. The molecule has 0 saturated carbocycles. The van der Waals surface area contributed by atoms with Crippen molar-refractivity contribution in [1.29, 1.82) is 0 Å². The zero-order valence-corrected chi connectivity index (χ0v) is 14.2. The number of nitrogens with one attached hydrogen (secondary N) is 1. The number of halogens is 2. The summed E-state index contributed by atoms with van der Waals surface area (Å²) < 4.78 is 0. The summed E-state index contributed by atoms with van der Waals surface area (Å²) in [5, 5.41) is 5.42. The van der Waals surface area contributed by atoms with Gasteiger partial charge in [-0.15, -0.1) is 11.8 Å². The van der Waals surface area contributed by atoms with Gasteiger partial charge in [-0.3, -0.25) is 0 Å². The summed E-state index contributed by atoms with van der Waals surface area (Å²) in [5.74, 6) is 0. The Labute approximate surface area is 131 Å². The SMILES string of the molecule is CCCC(NCC)C(CC)Sc1ccc(Cl)c(Cl)c1. The monoisotopic (exact) mass is 319 g/mol. The minimum absolute atomic E-state index is 0.555. The second kappa shape index (κ2) is 9.12. The Morgan fingerprint density at radius 1 is 1.16 bits per heavy atom. The predicted octanol–water partition coefficient (Wildman–Crippen LogP) is 5.64. The van der Waals surface area contributed by atoms with Crippen LogP contribution in [0, 0.1) is 0 Å². The third-order valence-electron chi connectivity index (χ3n) is 3.10. The van der Waals surface area contributed by atoms with Crippen LogP contribution in [0.3, 0.4) is 0 Å². The van der Waals surface area contributed by atoms with Crippen molar-refractivity contribution in [2.75, 3.05) is 6.54 Å². The van der Waals surface area contributed by atoms with Crippen molar-refractivity contribution in [3.05, 3.63) is 28.2 Å². The summed E-state index contributed by atoms with van der Waals surface area (Å²) in [4.78, 5) is 1.19. The minimum atomic E-state index is 0.555. The fourth-order valence-electron chi connectivity index (χ4n) is 2.17. The summed E-state index contributed by atoms with van der Waals surface area (Å²) >= 11 is 13.9. The van der Waals surface area contributed by atoms with Crippen molar-refractivity contribution < 1.29 is 0 Å². The largest absolute Gasteiger partial charge is 0.313 e. The Hall–Kier alpha value is 0.110. The van der Waals surface area contributed by atoms with E-state index in [-0.39, 0.29) is 0 Å². The van der Waals surface area contributed by atoms with Crippen molar-refractivity contribution in [2.24, 2.45) is 0 Å². The van der Waals surface area contributed by atoms with Crippen molar-refractivity contribution >= 4 is 35.0 Å². The average molecular weight is 320 g/mol. The maximum Gasteiger partial charge on any atom is 0.0603 e. The number of hydrogen-bond donors (Lipinski definition) is 1. The first-order valence-corrected chi connectivity index (χ1v) is 8.60. The molecule has 0 fully saturated rings. The maximum atomic E-state index is 6.08. The highest BCUT2D eigenvalue weighted by molar-refractivity contribution is 8.00. The second-order valence-electron chi connectivity index (χ2n) is 4.59. The summed E-state index contributed by atoms with van der Waals surface area (Å²) in [7, 11) is 0. The van der Waals surface area contributed by atoms with E-state index in [0.717, 1.165) is 13.0 Å². The normalized spacial score (nSPS) is 14.4. The molecule has 19 heavy (non-hydrogen) atoms. The summed E-state index contributed by atoms with van der Waals surface area (Å²) in [6, 6.07) is 6.45. The van der Waals surface area contributed by atoms with Crippen molar-refractivity contribution in [1.82, 2.24) is 5.32 Å². The Kier molecular flexibility index (Phi) is 8.24. The first-order chi connectivity index (χ1) is 9.12. The van der Waals surface area contributed by atoms with Crippen LogP contribution in [0.15, 0.2) is 23.1 Å². The van der Waals surface area contributed by atoms with Gasteiger partial charge in [-0.25, -0.2) is 0 Å². The van der Waals surface area contributed by atoms with E-state index in [1.807, 2.05) is 23.9 Å². The second-order valence-corrected chi connectivity index (χ2v) is 6.72. The van der Waals surface area contributed by atoms with Gasteiger partial charge in [0, 0.05) is 16.2 Å². The molecular formula is C15H23Cl2NS. The van der Waals surface area contributed by atoms with Crippen LogP contribution in [-0.2, 0) is 0 Å². The molecule has 0 saturated heterocycles. The van der Waals surface area contributed by atoms with E-state index < -0.39 is 0 Å². The van der Waals surface area contributed by atoms with Gasteiger partial charge in [0.1, 0.15) is 0 Å². The Morgan fingerprint density at radius 2 is 1.89 bits per heavy atom. The summed E-state index contributed by atoms with van der Waals surface area (Å²) in [5.41, 5.74) is 0. The fourth-order valence-corrected chi connectivity index (χ4v) is 3.78. The molecule has 2 unspecified atom stereocenters. The average Bonchev–Trinajstić information content (AvgIpc) is 2.40. The molecule has 1 aromatic carbocycles. The summed E-state index contributed by atoms with van der Waals surface area (Å²) in [6.07, 6.45) is 3.55. The Morgan fingerprint density at radius 3 is 2.42 bits per heavy atom. The van der Waals surface area contributed by atoms with Crippen molar-refractivity contribution in [2.45, 2.75) is 56.2 Å². The van der Waals surface area contributed by atoms with Crippen LogP contribution in [0.4, 0.5) is 0 Å². The van der Waals surface area contributed by atoms with Crippen molar-refractivity contribution in [3.63, 3.8) is 0 Å². The van der Waals surface area contributed by atoms with E-state index >= 15 is 0 Å². The quantitative estimate of drug-likeness (QED) is 0.622. The molecule has 0 amide bonds. The molecule has 0 aliphatic heterocycles. The first-order valence-electron chi connectivity index (χ1n) is 6.97. The van der Waals surface area contributed by atoms with E-state index in [1.165, 1.54) is 17.7 Å². The number of benzene rings is 1. The van der Waals surface area contributed by atoms with Gasteiger partial charge in [0.05, 0.1) is 10.0 Å². The molecule has 1 rings (SSSR count). The molecule has 0 radical (unpaired) electrons. The molecule has 0 aliphatic carbocycles. The third-order valence-corrected chi connectivity index (χ3v) is 5.33. The van der Waals surface area contributed by atoms with E-state index in [2.05, 4.69) is 32.2 Å². The number of rotatable bonds is 8. The smallest absolute Gasteiger partial charge is 0.0603 e. The lowest BCUT2D eigenvalue weighted by Crippen LogP contribution is -2.37. The topological polar surface area (TPSA) is 12.0 Å². The molecule has 1 N–H and O–H groups in total. The van der Waals surface area contributed by atoms with Crippen LogP contribution in [0.2, 0.25) is 10.0 Å². The Bertz CT molecular complexity index is 378. The molecular weight excluding hydrogens is 297 g/mol. The number of hydrogen-bond acceptors (Lipinski definition) is 2. The molecule has 1 nitrogen and oxygen atoms in total. The van der Waals surface area contributed by atoms with E-state index in [1.54, 1.807) is 0 Å². The summed E-state index contributed by atoms with van der Waals surface area (Å²) in [6.45, 7) is 7.67. The number of thioether (sulfide) groups is 1. The third kappa shape index (κ3) is 5.55. The standard InChI is InChI=1S/C15H23Cl2NS/c1-4-7-14(18-6-3)15(5-2)19-11-8-9-12(16)13(17)10-11/h8-10,14-15,18H,4-7H2,1-3H3. The molecule has 108 valence electrons. The van der Waals surface area contributed by atoms with Gasteiger partial charge in [0.25, 0.3) is 0 Å². The van der Waals surface area contributed by atoms with Crippen LogP contribution in [0.25, 0.3) is 0 Å². The minimum Gasteiger partial charge on any atom is -0.313 e. The van der Waals surface area contributed by atoms with Crippen LogP contribution in [0.1, 0.15) is 40.0 Å². The van der Waals surface area contributed by atoms with Gasteiger partial charge >= 0.3 is 0 Å². The zero-order valence-electron chi connectivity index (χ0n) is 11.9. The molecule has 0 aliphatic rings. The molecule has 1 aromatic rings. The molecule has 0 spiro atoms. The van der Waals surface area contributed by atoms with Gasteiger partial charge in [-0.1, -0.05) is 50.4 Å². The van der Waals surface area contributed by atoms with Crippen LogP contribution < -0.4 is 5.32 Å². The van der Waals surface area contributed by atoms with Gasteiger partial charge in [-0.2, -0.15) is 0 Å². The Balaban J connectivity index is 2.75. The van der Waals surface area contributed by atoms with E-state index in [0.29, 0.717) is 21.3 Å². The molecule has 2 atom stereocenters. The van der Waals surface area contributed by atoms with Crippen LogP contribution >= 0.6 is 35.0 Å². The van der Waals surface area contributed by atoms with Crippen molar-refractivity contribution in [3.8, 4) is 0 Å². The van der Waals surface area contributed by atoms with Gasteiger partial charge < -0.3 is 5.32 Å². The molecule has 0 heterocycles. The van der Waals surface area contributed by atoms with E-state index in [9.17, 15) is 0 Å². The lowest BCUT2D eigenvalue weighted by atomic mass is 10.1. The highest BCUT2D eigenvalue weighted by atomic mass is 35.5. The first kappa shape index (κ1) is 17.2. The van der Waals surface area contributed by atoms with Gasteiger partial charge in [-0.05, 0) is 37.6 Å². The van der Waals surface area contributed by atoms with Gasteiger partial charge in [0.2, 0.25) is 0 Å². The fraction of sp³-hybridized carbons (Fsp3) is 0.600. The van der Waals surface area contributed by atoms with Crippen LogP contribution in [-0.4, -0.2) is 17.8 Å². The molecule has 0 bridgehead atoms. The lowest BCUT2D eigenvalue weighted by Gasteiger charge is -2.26.